The first kappa shape index (κ1) is 22.9. The molecule has 0 atom stereocenters. The molecule has 1 aliphatic heterocycles. The number of thioether (sulfide) groups is 1. The predicted octanol–water partition coefficient (Wildman–Crippen LogP) is 6.49. The molecule has 1 saturated heterocycles. The van der Waals surface area contributed by atoms with Crippen LogP contribution in [0.3, 0.4) is 0 Å². The first-order valence-corrected chi connectivity index (χ1v) is 11.9. The van der Waals surface area contributed by atoms with Crippen molar-refractivity contribution in [3.63, 3.8) is 0 Å². The van der Waals surface area contributed by atoms with Crippen molar-refractivity contribution in [1.82, 2.24) is 9.47 Å². The zero-order valence-electron chi connectivity index (χ0n) is 18.3. The van der Waals surface area contributed by atoms with Crippen molar-refractivity contribution in [2.75, 3.05) is 0 Å². The lowest BCUT2D eigenvalue weighted by Gasteiger charge is -2.12. The van der Waals surface area contributed by atoms with Crippen LogP contribution in [0.15, 0.2) is 83.9 Å². The third-order valence-corrected chi connectivity index (χ3v) is 7.04. The molecule has 0 aliphatic carbocycles. The van der Waals surface area contributed by atoms with Crippen molar-refractivity contribution < 1.29 is 14.5 Å². The van der Waals surface area contributed by atoms with Crippen molar-refractivity contribution in [2.24, 2.45) is 0 Å². The number of hydrogen-bond acceptors (Lipinski definition) is 5. The first-order chi connectivity index (χ1) is 16.9. The Morgan fingerprint density at radius 3 is 2.40 bits per heavy atom. The monoisotopic (exact) mass is 503 g/mol. The van der Waals surface area contributed by atoms with Gasteiger partial charge in [0.15, 0.2) is 0 Å². The normalized spacial score (nSPS) is 14.9. The summed E-state index contributed by atoms with van der Waals surface area (Å²) in [5.41, 5.74) is 3.38. The van der Waals surface area contributed by atoms with E-state index < -0.39 is 4.92 Å². The summed E-state index contributed by atoms with van der Waals surface area (Å²) in [5, 5.41) is 12.1. The van der Waals surface area contributed by atoms with Crippen LogP contribution >= 0.6 is 23.4 Å². The third-order valence-electron chi connectivity index (χ3n) is 5.77. The van der Waals surface area contributed by atoms with Gasteiger partial charge in [-0.3, -0.25) is 24.6 Å². The van der Waals surface area contributed by atoms with Gasteiger partial charge in [0.2, 0.25) is 0 Å². The highest BCUT2D eigenvalue weighted by Gasteiger charge is 2.35. The number of fused-ring (bicyclic) bond motifs is 1. The van der Waals surface area contributed by atoms with Crippen molar-refractivity contribution >= 4 is 57.2 Å². The van der Waals surface area contributed by atoms with Gasteiger partial charge < -0.3 is 4.57 Å². The molecule has 0 radical (unpaired) electrons. The summed E-state index contributed by atoms with van der Waals surface area (Å²) in [4.78, 5) is 37.5. The maximum atomic E-state index is 13.1. The highest BCUT2D eigenvalue weighted by Crippen LogP contribution is 2.35. The van der Waals surface area contributed by atoms with Gasteiger partial charge in [-0.15, -0.1) is 0 Å². The number of halogens is 1. The van der Waals surface area contributed by atoms with Gasteiger partial charge >= 0.3 is 0 Å². The zero-order chi connectivity index (χ0) is 24.5. The van der Waals surface area contributed by atoms with Gasteiger partial charge in [0.1, 0.15) is 0 Å². The molecule has 0 N–H and O–H groups in total. The van der Waals surface area contributed by atoms with Gasteiger partial charge in [0, 0.05) is 46.4 Å². The van der Waals surface area contributed by atoms with Crippen LogP contribution in [-0.4, -0.2) is 25.5 Å². The molecule has 35 heavy (non-hydrogen) atoms. The number of nitro groups is 1. The lowest BCUT2D eigenvalue weighted by atomic mass is 10.1. The highest BCUT2D eigenvalue weighted by molar-refractivity contribution is 8.18. The van der Waals surface area contributed by atoms with Crippen LogP contribution in [0.4, 0.5) is 10.5 Å². The van der Waals surface area contributed by atoms with Crippen LogP contribution in [0.5, 0.6) is 0 Å². The number of benzene rings is 3. The summed E-state index contributed by atoms with van der Waals surface area (Å²) in [7, 11) is 0. The Balaban J connectivity index is 1.43. The van der Waals surface area contributed by atoms with E-state index in [-0.39, 0.29) is 23.4 Å². The van der Waals surface area contributed by atoms with Gasteiger partial charge in [-0.05, 0) is 41.1 Å². The molecule has 0 spiro atoms. The first-order valence-electron chi connectivity index (χ1n) is 10.7. The number of imide groups is 1. The summed E-state index contributed by atoms with van der Waals surface area (Å²) in [6, 6.07) is 21.3. The molecular weight excluding hydrogens is 486 g/mol. The van der Waals surface area contributed by atoms with Crippen molar-refractivity contribution in [2.45, 2.75) is 13.1 Å². The van der Waals surface area contributed by atoms with E-state index in [4.69, 9.17) is 11.6 Å². The van der Waals surface area contributed by atoms with Gasteiger partial charge in [0.05, 0.1) is 16.4 Å². The summed E-state index contributed by atoms with van der Waals surface area (Å²) < 4.78 is 2.07. The van der Waals surface area contributed by atoms with E-state index in [1.807, 2.05) is 54.7 Å². The molecule has 1 aliphatic rings. The summed E-state index contributed by atoms with van der Waals surface area (Å²) >= 11 is 7.25. The van der Waals surface area contributed by atoms with E-state index in [1.165, 1.54) is 12.1 Å². The van der Waals surface area contributed by atoms with Crippen LogP contribution < -0.4 is 0 Å². The Bertz CT molecular complexity index is 1510. The lowest BCUT2D eigenvalue weighted by molar-refractivity contribution is -0.384. The van der Waals surface area contributed by atoms with Crippen molar-refractivity contribution in [1.29, 1.82) is 0 Å². The average molecular weight is 504 g/mol. The minimum absolute atomic E-state index is 0.0454. The molecule has 0 saturated carbocycles. The molecule has 0 unspecified atom stereocenters. The van der Waals surface area contributed by atoms with Crippen molar-refractivity contribution in [3.8, 4) is 0 Å². The van der Waals surface area contributed by atoms with Crippen LogP contribution in [0, 0.1) is 10.1 Å². The Hall–Kier alpha value is -3.88. The quantitative estimate of drug-likeness (QED) is 0.170. The number of nitrogens with zero attached hydrogens (tertiary/aromatic N) is 3. The Morgan fingerprint density at radius 2 is 1.66 bits per heavy atom. The second-order valence-electron chi connectivity index (χ2n) is 8.01. The zero-order valence-corrected chi connectivity index (χ0v) is 19.8. The fourth-order valence-corrected chi connectivity index (χ4v) is 5.04. The number of para-hydroxylation sites is 1. The highest BCUT2D eigenvalue weighted by atomic mass is 35.5. The predicted molar refractivity (Wildman–Crippen MR) is 137 cm³/mol. The summed E-state index contributed by atoms with van der Waals surface area (Å²) in [5.74, 6) is -0.388. The van der Waals surface area contributed by atoms with Gasteiger partial charge in [-0.2, -0.15) is 0 Å². The molecule has 2 amide bonds. The Labute approximate surface area is 209 Å². The van der Waals surface area contributed by atoms with Crippen LogP contribution in [0.2, 0.25) is 5.02 Å². The standard InChI is InChI=1S/C26H18ClN3O4S/c27-22-7-3-1-5-18(22)15-28-16-19(21-6-2-4-8-23(21)28)13-24-25(31)29(26(32)35-24)14-17-9-11-20(12-10-17)30(33)34/h1-13,16H,14-15H2/b24-13+. The number of hydrogen-bond donors (Lipinski definition) is 0. The fraction of sp³-hybridized carbons (Fsp3) is 0.0769. The number of carbonyl (C=O) groups is 2. The Morgan fingerprint density at radius 1 is 0.943 bits per heavy atom. The number of amides is 2. The van der Waals surface area contributed by atoms with E-state index in [1.54, 1.807) is 18.2 Å². The molecule has 174 valence electrons. The molecule has 1 aromatic heterocycles. The number of nitro benzene ring substituents is 1. The van der Waals surface area contributed by atoms with E-state index in [0.29, 0.717) is 22.0 Å². The van der Waals surface area contributed by atoms with Crippen LogP contribution in [-0.2, 0) is 17.9 Å². The molecular formula is C26H18ClN3O4S. The molecule has 3 aromatic carbocycles. The molecule has 9 heteroatoms. The number of rotatable bonds is 6. The molecule has 2 heterocycles. The average Bonchev–Trinajstić information content (AvgIpc) is 3.33. The second kappa shape index (κ2) is 9.40. The maximum absolute atomic E-state index is 13.1. The SMILES string of the molecule is O=C1S/C(=C/c2cn(Cc3ccccc3Cl)c3ccccc23)C(=O)N1Cc1ccc([N+](=O)[O-])cc1. The minimum Gasteiger partial charge on any atom is -0.342 e. The molecule has 0 bridgehead atoms. The van der Waals surface area contributed by atoms with E-state index >= 15 is 0 Å². The topological polar surface area (TPSA) is 85.5 Å². The number of aromatic nitrogens is 1. The van der Waals surface area contributed by atoms with Crippen LogP contribution in [0.1, 0.15) is 16.7 Å². The molecule has 4 aromatic rings. The van der Waals surface area contributed by atoms with Gasteiger partial charge in [-0.1, -0.05) is 60.1 Å². The largest absolute Gasteiger partial charge is 0.342 e. The van der Waals surface area contributed by atoms with Crippen LogP contribution in [0.25, 0.3) is 17.0 Å². The summed E-state index contributed by atoms with van der Waals surface area (Å²) in [6.07, 6.45) is 3.70. The maximum Gasteiger partial charge on any atom is 0.293 e. The molecule has 7 nitrogen and oxygen atoms in total. The number of non-ortho nitro benzene ring substituents is 1. The lowest BCUT2D eigenvalue weighted by Crippen LogP contribution is -2.27. The van der Waals surface area contributed by atoms with Gasteiger partial charge in [0.25, 0.3) is 16.8 Å². The number of carbonyl (C=O) groups excluding carboxylic acids is 2. The molecule has 5 rings (SSSR count). The second-order valence-corrected chi connectivity index (χ2v) is 9.41. The third kappa shape index (κ3) is 4.58. The fourth-order valence-electron chi connectivity index (χ4n) is 4.01. The van der Waals surface area contributed by atoms with E-state index in [9.17, 15) is 19.7 Å². The van der Waals surface area contributed by atoms with E-state index in [0.717, 1.165) is 38.7 Å². The van der Waals surface area contributed by atoms with Crippen molar-refractivity contribution in [3.05, 3.63) is 116 Å². The smallest absolute Gasteiger partial charge is 0.293 e. The van der Waals surface area contributed by atoms with E-state index in [2.05, 4.69) is 4.57 Å². The molecule has 1 fully saturated rings. The minimum atomic E-state index is -0.491. The van der Waals surface area contributed by atoms with Gasteiger partial charge in [-0.25, -0.2) is 0 Å². The summed E-state index contributed by atoms with van der Waals surface area (Å²) in [6.45, 7) is 0.615. The Kier molecular flexibility index (Phi) is 6.15.